The highest BCUT2D eigenvalue weighted by molar-refractivity contribution is 7.99. The molecule has 0 radical (unpaired) electrons. The molecule has 0 aliphatic heterocycles. The largest absolute Gasteiger partial charge is 0.493 e. The molecule has 2 aromatic heterocycles. The van der Waals surface area contributed by atoms with Crippen molar-refractivity contribution in [1.29, 1.82) is 0 Å². The zero-order chi connectivity index (χ0) is 19.9. The first-order valence-electron chi connectivity index (χ1n) is 8.69. The fourth-order valence-corrected chi connectivity index (χ4v) is 4.19. The summed E-state index contributed by atoms with van der Waals surface area (Å²) in [5, 5.41) is 5.63. The maximum atomic E-state index is 12.4. The average molecular weight is 419 g/mol. The van der Waals surface area contributed by atoms with E-state index < -0.39 is 0 Å². The molecular weight excluding hydrogens is 396 g/mol. The van der Waals surface area contributed by atoms with Gasteiger partial charge in [-0.2, -0.15) is 0 Å². The summed E-state index contributed by atoms with van der Waals surface area (Å²) in [6.45, 7) is 2.33. The number of methoxy groups -OCH3 is 2. The monoisotopic (exact) mass is 418 g/mol. The normalized spacial score (nSPS) is 11.8. The van der Waals surface area contributed by atoms with Crippen LogP contribution >= 0.6 is 23.1 Å². The van der Waals surface area contributed by atoms with Gasteiger partial charge in [0.2, 0.25) is 5.91 Å². The molecule has 1 unspecified atom stereocenters. The number of nitrogens with one attached hydrogen (secondary N) is 1. The number of hydrogen-bond donors (Lipinski definition) is 1. The molecule has 148 valence electrons. The Labute approximate surface area is 172 Å². The highest BCUT2D eigenvalue weighted by Gasteiger charge is 2.15. The minimum atomic E-state index is -0.186. The average Bonchev–Trinajstić information content (AvgIpc) is 3.41. The Kier molecular flexibility index (Phi) is 7.00. The van der Waals surface area contributed by atoms with Gasteiger partial charge in [0.05, 0.1) is 31.4 Å². The van der Waals surface area contributed by atoms with Crippen LogP contribution < -0.4 is 14.8 Å². The molecule has 0 fully saturated rings. The third kappa shape index (κ3) is 5.08. The van der Waals surface area contributed by atoms with Crippen LogP contribution in [0.2, 0.25) is 0 Å². The lowest BCUT2D eigenvalue weighted by Gasteiger charge is -2.13. The zero-order valence-corrected chi connectivity index (χ0v) is 17.6. The van der Waals surface area contributed by atoms with Crippen molar-refractivity contribution in [3.63, 3.8) is 0 Å². The molecule has 3 rings (SSSR count). The van der Waals surface area contributed by atoms with E-state index in [0.29, 0.717) is 23.8 Å². The van der Waals surface area contributed by atoms with Gasteiger partial charge < -0.3 is 19.2 Å². The number of amides is 1. The summed E-state index contributed by atoms with van der Waals surface area (Å²) >= 11 is 3.09. The van der Waals surface area contributed by atoms with Crippen molar-refractivity contribution in [1.82, 2.24) is 10.3 Å². The second-order valence-electron chi connectivity index (χ2n) is 5.98. The fourth-order valence-electron chi connectivity index (χ4n) is 2.50. The molecule has 0 spiro atoms. The molecular formula is C20H22N2O4S2. The SMILES string of the molecule is COc1ccc(CNC(=O)C(C)SCc2csc(-c3ccco3)n2)cc1OC. The predicted molar refractivity (Wildman–Crippen MR) is 112 cm³/mol. The number of benzene rings is 1. The first kappa shape index (κ1) is 20.3. The lowest BCUT2D eigenvalue weighted by Crippen LogP contribution is -2.30. The van der Waals surface area contributed by atoms with E-state index >= 15 is 0 Å². The van der Waals surface area contributed by atoms with Gasteiger partial charge in [-0.3, -0.25) is 4.79 Å². The number of nitrogens with zero attached hydrogens (tertiary/aromatic N) is 1. The van der Waals surface area contributed by atoms with Gasteiger partial charge >= 0.3 is 0 Å². The number of thioether (sulfide) groups is 1. The first-order chi connectivity index (χ1) is 13.6. The van der Waals surface area contributed by atoms with Gasteiger partial charge in [-0.1, -0.05) is 6.07 Å². The first-order valence-corrected chi connectivity index (χ1v) is 10.6. The lowest BCUT2D eigenvalue weighted by molar-refractivity contribution is -0.120. The Bertz CT molecular complexity index is 909. The number of hydrogen-bond acceptors (Lipinski definition) is 7. The number of thiazole rings is 1. The number of furan rings is 1. The van der Waals surface area contributed by atoms with Crippen molar-refractivity contribution < 1.29 is 18.7 Å². The van der Waals surface area contributed by atoms with E-state index in [1.807, 2.05) is 42.6 Å². The summed E-state index contributed by atoms with van der Waals surface area (Å²) in [4.78, 5) is 16.9. The van der Waals surface area contributed by atoms with Crippen LogP contribution in [-0.4, -0.2) is 30.4 Å². The van der Waals surface area contributed by atoms with Crippen LogP contribution in [0.15, 0.2) is 46.4 Å². The van der Waals surface area contributed by atoms with E-state index in [4.69, 9.17) is 13.9 Å². The van der Waals surface area contributed by atoms with E-state index in [2.05, 4.69) is 10.3 Å². The summed E-state index contributed by atoms with van der Waals surface area (Å²) in [5.74, 6) is 2.73. The van der Waals surface area contributed by atoms with Gasteiger partial charge in [-0.15, -0.1) is 23.1 Å². The van der Waals surface area contributed by atoms with E-state index in [1.165, 1.54) is 0 Å². The summed E-state index contributed by atoms with van der Waals surface area (Å²) in [6.07, 6.45) is 1.63. The molecule has 0 bridgehead atoms. The van der Waals surface area contributed by atoms with Crippen LogP contribution in [0.25, 0.3) is 10.8 Å². The summed E-state index contributed by atoms with van der Waals surface area (Å²) < 4.78 is 15.9. The summed E-state index contributed by atoms with van der Waals surface area (Å²) in [7, 11) is 3.19. The molecule has 3 aromatic rings. The highest BCUT2D eigenvalue weighted by atomic mass is 32.2. The Hall–Kier alpha value is -2.45. The van der Waals surface area contributed by atoms with E-state index in [-0.39, 0.29) is 11.2 Å². The molecule has 0 saturated heterocycles. The van der Waals surface area contributed by atoms with Crippen molar-refractivity contribution >= 4 is 29.0 Å². The molecule has 1 amide bonds. The third-order valence-electron chi connectivity index (χ3n) is 4.05. The van der Waals surface area contributed by atoms with Crippen LogP contribution in [0.3, 0.4) is 0 Å². The van der Waals surface area contributed by atoms with Crippen molar-refractivity contribution in [2.45, 2.75) is 24.5 Å². The van der Waals surface area contributed by atoms with Crippen molar-refractivity contribution in [2.24, 2.45) is 0 Å². The summed E-state index contributed by atoms with van der Waals surface area (Å²) in [5.41, 5.74) is 1.90. The zero-order valence-electron chi connectivity index (χ0n) is 15.9. The molecule has 0 saturated carbocycles. The lowest BCUT2D eigenvalue weighted by atomic mass is 10.2. The van der Waals surface area contributed by atoms with E-state index in [9.17, 15) is 4.79 Å². The maximum Gasteiger partial charge on any atom is 0.233 e. The van der Waals surface area contributed by atoms with Crippen molar-refractivity contribution in [3.8, 4) is 22.3 Å². The van der Waals surface area contributed by atoms with Gasteiger partial charge in [-0.25, -0.2) is 4.98 Å². The maximum absolute atomic E-state index is 12.4. The molecule has 1 atom stereocenters. The van der Waals surface area contributed by atoms with Crippen LogP contribution in [0.4, 0.5) is 0 Å². The topological polar surface area (TPSA) is 73.6 Å². The quantitative estimate of drug-likeness (QED) is 0.557. The van der Waals surface area contributed by atoms with Crippen LogP contribution in [0.5, 0.6) is 11.5 Å². The van der Waals surface area contributed by atoms with Gasteiger partial charge in [-0.05, 0) is 36.8 Å². The third-order valence-corrected chi connectivity index (χ3v) is 6.13. The molecule has 2 heterocycles. The standard InChI is InChI=1S/C20H22N2O4S2/c1-13(27-11-15-12-28-20(22-15)17-5-4-8-26-17)19(23)21-10-14-6-7-16(24-2)18(9-14)25-3/h4-9,12-13H,10-11H2,1-3H3,(H,21,23). The molecule has 8 heteroatoms. The summed E-state index contributed by atoms with van der Waals surface area (Å²) in [6, 6.07) is 9.33. The molecule has 1 aromatic carbocycles. The van der Waals surface area contributed by atoms with Gasteiger partial charge in [0, 0.05) is 17.7 Å². The highest BCUT2D eigenvalue weighted by Crippen LogP contribution is 2.28. The smallest absolute Gasteiger partial charge is 0.233 e. The Balaban J connectivity index is 1.48. The number of ether oxygens (including phenoxy) is 2. The fraction of sp³-hybridized carbons (Fsp3) is 0.300. The van der Waals surface area contributed by atoms with Crippen LogP contribution in [0, 0.1) is 0 Å². The van der Waals surface area contributed by atoms with Gasteiger partial charge in [0.15, 0.2) is 22.3 Å². The Morgan fingerprint density at radius 3 is 2.82 bits per heavy atom. The van der Waals surface area contributed by atoms with Crippen LogP contribution in [0.1, 0.15) is 18.2 Å². The molecule has 0 aliphatic rings. The minimum Gasteiger partial charge on any atom is -0.493 e. The number of rotatable bonds is 9. The van der Waals surface area contributed by atoms with E-state index in [0.717, 1.165) is 22.0 Å². The number of carbonyl (C=O) groups excluding carboxylic acids is 1. The molecule has 0 aliphatic carbocycles. The molecule has 28 heavy (non-hydrogen) atoms. The van der Waals surface area contributed by atoms with Gasteiger partial charge in [0.1, 0.15) is 0 Å². The Morgan fingerprint density at radius 1 is 1.29 bits per heavy atom. The number of carbonyl (C=O) groups is 1. The molecule has 1 N–H and O–H groups in total. The van der Waals surface area contributed by atoms with Crippen LogP contribution in [-0.2, 0) is 17.1 Å². The number of aromatic nitrogens is 1. The minimum absolute atomic E-state index is 0.0127. The van der Waals surface area contributed by atoms with Crippen molar-refractivity contribution in [3.05, 3.63) is 53.2 Å². The van der Waals surface area contributed by atoms with Crippen molar-refractivity contribution in [2.75, 3.05) is 14.2 Å². The van der Waals surface area contributed by atoms with E-state index in [1.54, 1.807) is 43.6 Å². The van der Waals surface area contributed by atoms with Gasteiger partial charge in [0.25, 0.3) is 0 Å². The predicted octanol–water partition coefficient (Wildman–Crippen LogP) is 4.36. The second-order valence-corrected chi connectivity index (χ2v) is 8.17. The Morgan fingerprint density at radius 2 is 2.11 bits per heavy atom. The molecule has 6 nitrogen and oxygen atoms in total. The second kappa shape index (κ2) is 9.66.